The van der Waals surface area contributed by atoms with Gasteiger partial charge in [0.1, 0.15) is 11.5 Å². The highest BCUT2D eigenvalue weighted by Crippen LogP contribution is 2.38. The molecule has 0 saturated carbocycles. The molecular formula is C20H26ClN7O2. The third kappa shape index (κ3) is 3.96. The van der Waals surface area contributed by atoms with Crippen molar-refractivity contribution in [2.45, 2.75) is 0 Å². The number of nitrogens with zero attached hydrogens (tertiary/aromatic N) is 4. The number of imidazole rings is 1. The smallest absolute Gasteiger partial charge is 0.236 e. The number of halogens is 1. The molecule has 1 aliphatic heterocycles. The minimum absolute atomic E-state index is 0.491. The number of rotatable bonds is 7. The number of aromatic nitrogens is 3. The van der Waals surface area contributed by atoms with E-state index in [0.29, 0.717) is 41.1 Å². The van der Waals surface area contributed by atoms with Crippen molar-refractivity contribution in [1.82, 2.24) is 19.7 Å². The number of nitrogens with one attached hydrogen (secondary N) is 2. The highest BCUT2D eigenvalue weighted by molar-refractivity contribution is 6.32. The molecule has 30 heavy (non-hydrogen) atoms. The Morgan fingerprint density at radius 3 is 2.60 bits per heavy atom. The third-order valence-electron chi connectivity index (χ3n) is 5.05. The summed E-state index contributed by atoms with van der Waals surface area (Å²) in [7, 11) is 3.18. The Morgan fingerprint density at radius 2 is 1.90 bits per heavy atom. The summed E-state index contributed by atoms with van der Waals surface area (Å²) in [5, 5.41) is 7.25. The van der Waals surface area contributed by atoms with Gasteiger partial charge < -0.3 is 30.7 Å². The largest absolute Gasteiger partial charge is 0.496 e. The van der Waals surface area contributed by atoms with Gasteiger partial charge in [0.2, 0.25) is 5.78 Å². The van der Waals surface area contributed by atoms with Crippen LogP contribution in [0.15, 0.2) is 24.5 Å². The van der Waals surface area contributed by atoms with Crippen molar-refractivity contribution in [1.29, 1.82) is 0 Å². The first-order chi connectivity index (χ1) is 14.6. The lowest BCUT2D eigenvalue weighted by molar-refractivity contribution is 0.395. The molecule has 0 atom stereocenters. The van der Waals surface area contributed by atoms with Gasteiger partial charge in [0.05, 0.1) is 30.6 Å². The van der Waals surface area contributed by atoms with Crippen molar-refractivity contribution in [3.8, 4) is 22.8 Å². The molecule has 10 heteroatoms. The van der Waals surface area contributed by atoms with Crippen LogP contribution in [-0.4, -0.2) is 67.9 Å². The van der Waals surface area contributed by atoms with Gasteiger partial charge in [-0.15, -0.1) is 0 Å². The molecule has 1 saturated heterocycles. The lowest BCUT2D eigenvalue weighted by Crippen LogP contribution is -2.44. The van der Waals surface area contributed by atoms with E-state index in [-0.39, 0.29) is 0 Å². The summed E-state index contributed by atoms with van der Waals surface area (Å²) in [5.41, 5.74) is 8.12. The van der Waals surface area contributed by atoms with Gasteiger partial charge in [0, 0.05) is 63.3 Å². The van der Waals surface area contributed by atoms with Crippen molar-refractivity contribution >= 4 is 28.9 Å². The highest BCUT2D eigenvalue weighted by atomic mass is 35.5. The average Bonchev–Trinajstić information content (AvgIpc) is 3.20. The number of piperazine rings is 1. The summed E-state index contributed by atoms with van der Waals surface area (Å²) in [5.74, 6) is 2.66. The van der Waals surface area contributed by atoms with Crippen LogP contribution in [0.25, 0.3) is 17.0 Å². The molecule has 0 unspecified atom stereocenters. The maximum Gasteiger partial charge on any atom is 0.236 e. The molecule has 9 nitrogen and oxygen atoms in total. The minimum atomic E-state index is 0.491. The third-order valence-corrected chi connectivity index (χ3v) is 5.35. The van der Waals surface area contributed by atoms with E-state index >= 15 is 0 Å². The first-order valence-electron chi connectivity index (χ1n) is 9.86. The number of fused-ring (bicyclic) bond motifs is 1. The fraction of sp³-hybridized carbons (Fsp3) is 0.400. The van der Waals surface area contributed by atoms with Crippen LogP contribution in [0.2, 0.25) is 5.02 Å². The maximum atomic E-state index is 6.35. The number of benzene rings is 1. The molecule has 3 heterocycles. The predicted molar refractivity (Wildman–Crippen MR) is 119 cm³/mol. The number of nitrogens with two attached hydrogens (primary N) is 1. The standard InChI is InChI=1S/C20H26ClN7O2/c1-29-17-10-18(30-2)14(21)9-13(17)15-11-28-12-16(24-4-3-22)19(26-20(28)25-15)27-7-5-23-6-8-27/h9-12,23-24H,3-8,22H2,1-2H3. The SMILES string of the molecule is COc1cc(OC)c(-c2cn3cc(NCCN)c(N4CCNCC4)nc3n2)cc1Cl. The van der Waals surface area contributed by atoms with Gasteiger partial charge in [0.15, 0.2) is 5.82 Å². The Labute approximate surface area is 180 Å². The van der Waals surface area contributed by atoms with Crippen molar-refractivity contribution in [3.05, 3.63) is 29.5 Å². The van der Waals surface area contributed by atoms with Gasteiger partial charge >= 0.3 is 0 Å². The zero-order valence-electron chi connectivity index (χ0n) is 17.1. The van der Waals surface area contributed by atoms with E-state index < -0.39 is 0 Å². The Hall–Kier alpha value is -2.75. The molecule has 4 N–H and O–H groups in total. The lowest BCUT2D eigenvalue weighted by atomic mass is 10.1. The number of hydrogen-bond acceptors (Lipinski definition) is 8. The molecule has 4 rings (SSSR count). The van der Waals surface area contributed by atoms with Crippen LogP contribution < -0.4 is 30.7 Å². The molecule has 160 valence electrons. The van der Waals surface area contributed by atoms with Crippen LogP contribution in [0.3, 0.4) is 0 Å². The molecule has 1 aromatic carbocycles. The average molecular weight is 432 g/mol. The van der Waals surface area contributed by atoms with E-state index in [4.69, 9.17) is 36.8 Å². The predicted octanol–water partition coefficient (Wildman–Crippen LogP) is 1.85. The number of anilines is 2. The zero-order chi connectivity index (χ0) is 21.1. The number of hydrogen-bond donors (Lipinski definition) is 3. The zero-order valence-corrected chi connectivity index (χ0v) is 17.9. The fourth-order valence-corrected chi connectivity index (χ4v) is 3.79. The van der Waals surface area contributed by atoms with Gasteiger partial charge in [-0.2, -0.15) is 4.98 Å². The molecule has 0 bridgehead atoms. The van der Waals surface area contributed by atoms with Crippen molar-refractivity contribution in [3.63, 3.8) is 0 Å². The summed E-state index contributed by atoms with van der Waals surface area (Å²) >= 11 is 6.35. The van der Waals surface area contributed by atoms with E-state index in [2.05, 4.69) is 15.5 Å². The highest BCUT2D eigenvalue weighted by Gasteiger charge is 2.20. The monoisotopic (exact) mass is 431 g/mol. The Kier molecular flexibility index (Phi) is 6.12. The molecular weight excluding hydrogens is 406 g/mol. The van der Waals surface area contributed by atoms with Crippen LogP contribution in [0, 0.1) is 0 Å². The molecule has 1 fully saturated rings. The van der Waals surface area contributed by atoms with Crippen molar-refractivity contribution in [2.24, 2.45) is 5.73 Å². The van der Waals surface area contributed by atoms with Crippen LogP contribution >= 0.6 is 11.6 Å². The molecule has 0 radical (unpaired) electrons. The normalized spacial score (nSPS) is 14.2. The van der Waals surface area contributed by atoms with Gasteiger partial charge in [-0.3, -0.25) is 4.40 Å². The van der Waals surface area contributed by atoms with Crippen LogP contribution in [0.4, 0.5) is 11.5 Å². The van der Waals surface area contributed by atoms with E-state index in [0.717, 1.165) is 43.2 Å². The molecule has 1 aliphatic rings. The maximum absolute atomic E-state index is 6.35. The van der Waals surface area contributed by atoms with Crippen molar-refractivity contribution in [2.75, 3.05) is 63.7 Å². The molecule has 0 aliphatic carbocycles. The van der Waals surface area contributed by atoms with Gasteiger partial charge in [0.25, 0.3) is 0 Å². The van der Waals surface area contributed by atoms with Crippen LogP contribution in [0.5, 0.6) is 11.5 Å². The summed E-state index contributed by atoms with van der Waals surface area (Å²) in [6.07, 6.45) is 3.92. The summed E-state index contributed by atoms with van der Waals surface area (Å²) < 4.78 is 12.7. The van der Waals surface area contributed by atoms with Crippen LogP contribution in [-0.2, 0) is 0 Å². The topological polar surface area (TPSA) is 102 Å². The quantitative estimate of drug-likeness (QED) is 0.521. The lowest BCUT2D eigenvalue weighted by Gasteiger charge is -2.30. The Balaban J connectivity index is 1.79. The van der Waals surface area contributed by atoms with Gasteiger partial charge in [-0.05, 0) is 6.07 Å². The molecule has 0 spiro atoms. The van der Waals surface area contributed by atoms with Gasteiger partial charge in [-0.1, -0.05) is 11.6 Å². The first kappa shape index (κ1) is 20.5. The van der Waals surface area contributed by atoms with Gasteiger partial charge in [-0.25, -0.2) is 4.98 Å². The second-order valence-corrected chi connectivity index (χ2v) is 7.36. The molecule has 2 aromatic heterocycles. The van der Waals surface area contributed by atoms with Crippen molar-refractivity contribution < 1.29 is 9.47 Å². The van der Waals surface area contributed by atoms with E-state index in [9.17, 15) is 0 Å². The first-order valence-corrected chi connectivity index (χ1v) is 10.2. The number of methoxy groups -OCH3 is 2. The summed E-state index contributed by atoms with van der Waals surface area (Å²) in [4.78, 5) is 11.9. The second kappa shape index (κ2) is 8.95. The minimum Gasteiger partial charge on any atom is -0.496 e. The van der Waals surface area contributed by atoms with E-state index in [1.54, 1.807) is 26.4 Å². The summed E-state index contributed by atoms with van der Waals surface area (Å²) in [6.45, 7) is 4.81. The second-order valence-electron chi connectivity index (χ2n) is 6.95. The number of ether oxygens (including phenoxy) is 2. The summed E-state index contributed by atoms with van der Waals surface area (Å²) in [6, 6.07) is 3.56. The fourth-order valence-electron chi connectivity index (χ4n) is 3.55. The molecule has 0 amide bonds. The van der Waals surface area contributed by atoms with E-state index in [1.807, 2.05) is 16.8 Å². The molecule has 3 aromatic rings. The Bertz CT molecular complexity index is 1030. The van der Waals surface area contributed by atoms with E-state index in [1.165, 1.54) is 0 Å². The van der Waals surface area contributed by atoms with Crippen LogP contribution in [0.1, 0.15) is 0 Å². The Morgan fingerprint density at radius 1 is 1.13 bits per heavy atom.